The zero-order valence-corrected chi connectivity index (χ0v) is 16.0. The quantitative estimate of drug-likeness (QED) is 0.685. The highest BCUT2D eigenvalue weighted by Gasteiger charge is 2.16. The molecule has 28 heavy (non-hydrogen) atoms. The molecule has 0 bridgehead atoms. The van der Waals surface area contributed by atoms with Crippen molar-refractivity contribution in [3.8, 4) is 22.6 Å². The number of hydrogen-bond acceptors (Lipinski definition) is 6. The lowest BCUT2D eigenvalue weighted by Crippen LogP contribution is -2.29. The van der Waals surface area contributed by atoms with Crippen molar-refractivity contribution in [3.63, 3.8) is 0 Å². The number of para-hydroxylation sites is 1. The van der Waals surface area contributed by atoms with E-state index in [2.05, 4.69) is 26.3 Å². The first-order valence-electron chi connectivity index (χ1n) is 9.50. The Morgan fingerprint density at radius 1 is 1.14 bits per heavy atom. The Morgan fingerprint density at radius 2 is 1.96 bits per heavy atom. The highest BCUT2D eigenvalue weighted by atomic mass is 16.5. The van der Waals surface area contributed by atoms with Gasteiger partial charge >= 0.3 is 0 Å². The molecule has 1 fully saturated rings. The predicted octanol–water partition coefficient (Wildman–Crippen LogP) is 3.04. The van der Waals surface area contributed by atoms with Gasteiger partial charge in [0.25, 0.3) is 0 Å². The largest absolute Gasteiger partial charge is 0.496 e. The molecule has 0 atom stereocenters. The van der Waals surface area contributed by atoms with Gasteiger partial charge in [0.05, 0.1) is 19.3 Å². The molecule has 1 aromatic carbocycles. The van der Waals surface area contributed by atoms with Gasteiger partial charge in [-0.15, -0.1) is 0 Å². The van der Waals surface area contributed by atoms with Gasteiger partial charge in [-0.05, 0) is 38.1 Å². The zero-order valence-electron chi connectivity index (χ0n) is 16.0. The fourth-order valence-electron chi connectivity index (χ4n) is 3.46. The molecular weight excluding hydrogens is 354 g/mol. The number of rotatable bonds is 6. The minimum Gasteiger partial charge on any atom is -0.496 e. The zero-order chi connectivity index (χ0) is 19.3. The van der Waals surface area contributed by atoms with Gasteiger partial charge in [0.15, 0.2) is 11.6 Å². The molecule has 3 aromatic rings. The number of methoxy groups -OCH3 is 1. The Bertz CT molecular complexity index is 934. The van der Waals surface area contributed by atoms with Crippen LogP contribution in [-0.2, 0) is 6.61 Å². The normalized spacial score (nSPS) is 14.8. The van der Waals surface area contributed by atoms with E-state index in [1.165, 1.54) is 0 Å². The summed E-state index contributed by atoms with van der Waals surface area (Å²) in [5, 5.41) is 7.94. The molecule has 3 N–H and O–H groups in total. The number of nitrogens with zero attached hydrogens (tertiary/aromatic N) is 3. The monoisotopic (exact) mass is 379 g/mol. The minimum absolute atomic E-state index is 0.355. The van der Waals surface area contributed by atoms with Crippen LogP contribution in [0.1, 0.15) is 24.4 Å². The first kappa shape index (κ1) is 18.3. The first-order valence-corrected chi connectivity index (χ1v) is 9.50. The van der Waals surface area contributed by atoms with E-state index in [0.717, 1.165) is 48.4 Å². The number of anilines is 1. The Balaban J connectivity index is 1.51. The molecule has 146 valence electrons. The first-order chi connectivity index (χ1) is 13.7. The average molecular weight is 379 g/mol. The van der Waals surface area contributed by atoms with Gasteiger partial charge in [-0.2, -0.15) is 5.10 Å². The Labute approximate surface area is 164 Å². The summed E-state index contributed by atoms with van der Waals surface area (Å²) < 4.78 is 13.4. The third kappa shape index (κ3) is 3.94. The van der Waals surface area contributed by atoms with Gasteiger partial charge in [0, 0.05) is 29.1 Å². The molecular formula is C21H25N5O2. The molecule has 0 unspecified atom stereocenters. The van der Waals surface area contributed by atoms with Crippen molar-refractivity contribution in [2.24, 2.45) is 0 Å². The number of nitrogens with one attached hydrogen (secondary N) is 1. The Hall–Kier alpha value is -3.06. The molecule has 0 saturated carbocycles. The number of hydrogen-bond donors (Lipinski definition) is 2. The molecule has 0 spiro atoms. The summed E-state index contributed by atoms with van der Waals surface area (Å²) >= 11 is 0. The maximum atomic E-state index is 6.03. The number of aromatic nitrogens is 3. The topological polar surface area (TPSA) is 87.2 Å². The van der Waals surface area contributed by atoms with Crippen LogP contribution in [0.15, 0.2) is 48.9 Å². The summed E-state index contributed by atoms with van der Waals surface area (Å²) in [5.41, 5.74) is 8.92. The van der Waals surface area contributed by atoms with Crippen LogP contribution in [0.2, 0.25) is 0 Å². The van der Waals surface area contributed by atoms with Crippen LogP contribution in [0, 0.1) is 0 Å². The van der Waals surface area contributed by atoms with Gasteiger partial charge < -0.3 is 20.5 Å². The highest BCUT2D eigenvalue weighted by Crippen LogP contribution is 2.29. The van der Waals surface area contributed by atoms with Crippen molar-refractivity contribution >= 4 is 5.82 Å². The van der Waals surface area contributed by atoms with Crippen molar-refractivity contribution in [1.29, 1.82) is 0 Å². The van der Waals surface area contributed by atoms with Crippen molar-refractivity contribution in [3.05, 3.63) is 54.5 Å². The fraction of sp³-hybridized carbons (Fsp3) is 0.333. The SMILES string of the molecule is COc1ccccc1COc1cc(-c2cnn(C3CCNCC3)c2)cnc1N. The van der Waals surface area contributed by atoms with Crippen LogP contribution in [0.5, 0.6) is 11.5 Å². The lowest BCUT2D eigenvalue weighted by atomic mass is 10.1. The molecule has 0 aliphatic carbocycles. The highest BCUT2D eigenvalue weighted by molar-refractivity contribution is 5.65. The van der Waals surface area contributed by atoms with E-state index < -0.39 is 0 Å². The molecule has 2 aromatic heterocycles. The maximum absolute atomic E-state index is 6.03. The van der Waals surface area contributed by atoms with Gasteiger partial charge in [0.1, 0.15) is 12.4 Å². The molecule has 1 aliphatic rings. The van der Waals surface area contributed by atoms with E-state index >= 15 is 0 Å². The van der Waals surface area contributed by atoms with E-state index in [-0.39, 0.29) is 0 Å². The number of nitrogen functional groups attached to an aromatic ring is 1. The third-order valence-electron chi connectivity index (χ3n) is 5.08. The molecule has 0 amide bonds. The summed E-state index contributed by atoms with van der Waals surface area (Å²) in [7, 11) is 1.65. The lowest BCUT2D eigenvalue weighted by Gasteiger charge is -2.22. The molecule has 1 aliphatic heterocycles. The van der Waals surface area contributed by atoms with Gasteiger partial charge in [-0.1, -0.05) is 18.2 Å². The van der Waals surface area contributed by atoms with E-state index in [1.54, 1.807) is 13.3 Å². The number of piperidine rings is 1. The molecule has 4 rings (SSSR count). The van der Waals surface area contributed by atoms with Crippen molar-refractivity contribution in [1.82, 2.24) is 20.1 Å². The summed E-state index contributed by atoms with van der Waals surface area (Å²) in [6.07, 6.45) is 7.89. The maximum Gasteiger partial charge on any atom is 0.166 e. The summed E-state index contributed by atoms with van der Waals surface area (Å²) in [6.45, 7) is 2.42. The fourth-order valence-corrected chi connectivity index (χ4v) is 3.46. The summed E-state index contributed by atoms with van der Waals surface area (Å²) in [4.78, 5) is 4.31. The number of benzene rings is 1. The second kappa shape index (κ2) is 8.31. The second-order valence-corrected chi connectivity index (χ2v) is 6.90. The molecule has 3 heterocycles. The van der Waals surface area contributed by atoms with Crippen LogP contribution in [0.4, 0.5) is 5.82 Å². The van der Waals surface area contributed by atoms with E-state index in [9.17, 15) is 0 Å². The number of pyridine rings is 1. The molecule has 1 saturated heterocycles. The van der Waals surface area contributed by atoms with Crippen molar-refractivity contribution < 1.29 is 9.47 Å². The van der Waals surface area contributed by atoms with E-state index in [4.69, 9.17) is 15.2 Å². The van der Waals surface area contributed by atoms with Crippen molar-refractivity contribution in [2.45, 2.75) is 25.5 Å². The smallest absolute Gasteiger partial charge is 0.166 e. The standard InChI is InChI=1S/C21H25N5O2/c1-27-19-5-3-2-4-15(19)14-28-20-10-16(11-24-21(20)22)17-12-25-26(13-17)18-6-8-23-9-7-18/h2-5,10-13,18,23H,6-9,14H2,1H3,(H2,22,24). The summed E-state index contributed by atoms with van der Waals surface area (Å²) in [6, 6.07) is 10.1. The number of nitrogens with two attached hydrogens (primary N) is 1. The molecule has 7 heteroatoms. The van der Waals surface area contributed by atoms with E-state index in [0.29, 0.717) is 24.2 Å². The van der Waals surface area contributed by atoms with Crippen LogP contribution >= 0.6 is 0 Å². The predicted molar refractivity (Wildman–Crippen MR) is 108 cm³/mol. The Morgan fingerprint density at radius 3 is 2.79 bits per heavy atom. The molecule has 0 radical (unpaired) electrons. The Kier molecular flexibility index (Phi) is 5.43. The third-order valence-corrected chi connectivity index (χ3v) is 5.08. The van der Waals surface area contributed by atoms with Crippen LogP contribution in [0.25, 0.3) is 11.1 Å². The van der Waals surface area contributed by atoms with Crippen molar-refractivity contribution in [2.75, 3.05) is 25.9 Å². The van der Waals surface area contributed by atoms with Gasteiger partial charge in [-0.25, -0.2) is 4.98 Å². The van der Waals surface area contributed by atoms with Crippen LogP contribution < -0.4 is 20.5 Å². The molecule has 7 nitrogen and oxygen atoms in total. The number of ether oxygens (including phenoxy) is 2. The average Bonchev–Trinajstić information content (AvgIpc) is 3.24. The van der Waals surface area contributed by atoms with Crippen LogP contribution in [-0.4, -0.2) is 35.0 Å². The van der Waals surface area contributed by atoms with Gasteiger partial charge in [-0.3, -0.25) is 4.68 Å². The van der Waals surface area contributed by atoms with E-state index in [1.807, 2.05) is 36.5 Å². The summed E-state index contributed by atoms with van der Waals surface area (Å²) in [5.74, 6) is 1.70. The lowest BCUT2D eigenvalue weighted by molar-refractivity contribution is 0.297. The van der Waals surface area contributed by atoms with Crippen LogP contribution in [0.3, 0.4) is 0 Å². The minimum atomic E-state index is 0.355. The second-order valence-electron chi connectivity index (χ2n) is 6.90. The van der Waals surface area contributed by atoms with Gasteiger partial charge in [0.2, 0.25) is 0 Å².